The first-order valence-corrected chi connectivity index (χ1v) is 6.82. The van der Waals surface area contributed by atoms with Crippen molar-refractivity contribution >= 4 is 10.0 Å². The van der Waals surface area contributed by atoms with E-state index in [1.54, 1.807) is 6.92 Å². The van der Waals surface area contributed by atoms with Gasteiger partial charge in [0.15, 0.2) is 0 Å². The van der Waals surface area contributed by atoms with Gasteiger partial charge in [0.1, 0.15) is 5.82 Å². The Morgan fingerprint density at radius 3 is 2.71 bits per heavy atom. The molecule has 5 heteroatoms. The summed E-state index contributed by atoms with van der Waals surface area (Å²) in [5, 5.41) is 0. The fourth-order valence-corrected chi connectivity index (χ4v) is 2.33. The van der Waals surface area contributed by atoms with E-state index in [1.165, 1.54) is 12.1 Å². The van der Waals surface area contributed by atoms with Crippen LogP contribution in [0, 0.1) is 12.7 Å². The highest BCUT2D eigenvalue weighted by Gasteiger charge is 2.14. The van der Waals surface area contributed by atoms with E-state index in [9.17, 15) is 12.8 Å². The topological polar surface area (TPSA) is 46.2 Å². The maximum absolute atomic E-state index is 13.2. The molecule has 0 aliphatic heterocycles. The van der Waals surface area contributed by atoms with Crippen molar-refractivity contribution in [2.75, 3.05) is 6.54 Å². The first kappa shape index (κ1) is 13.9. The highest BCUT2D eigenvalue weighted by Crippen LogP contribution is 2.13. The maximum Gasteiger partial charge on any atom is 0.240 e. The molecule has 3 nitrogen and oxygen atoms in total. The van der Waals surface area contributed by atoms with Crippen molar-refractivity contribution in [3.05, 3.63) is 41.7 Å². The molecule has 0 aliphatic rings. The van der Waals surface area contributed by atoms with Gasteiger partial charge in [0.25, 0.3) is 0 Å². The first-order chi connectivity index (χ1) is 7.97. The standard InChI is InChI=1S/C12H16FNO2S/c1-3-4-5-8-14-17(15,16)11-7-6-10(2)12(13)9-11/h3-4,6-7,9,14H,5,8H2,1-2H3/b4-3+. The van der Waals surface area contributed by atoms with Crippen molar-refractivity contribution in [1.82, 2.24) is 4.72 Å². The van der Waals surface area contributed by atoms with E-state index < -0.39 is 15.8 Å². The molecule has 1 aromatic carbocycles. The Morgan fingerprint density at radius 1 is 1.41 bits per heavy atom. The van der Waals surface area contributed by atoms with Crippen molar-refractivity contribution < 1.29 is 12.8 Å². The van der Waals surface area contributed by atoms with E-state index in [4.69, 9.17) is 0 Å². The van der Waals surface area contributed by atoms with E-state index >= 15 is 0 Å². The van der Waals surface area contributed by atoms with Crippen molar-refractivity contribution in [2.45, 2.75) is 25.2 Å². The van der Waals surface area contributed by atoms with Gasteiger partial charge in [0.2, 0.25) is 10.0 Å². The number of benzene rings is 1. The third kappa shape index (κ3) is 3.94. The van der Waals surface area contributed by atoms with E-state index in [0.717, 1.165) is 6.07 Å². The van der Waals surface area contributed by atoms with Crippen LogP contribution in [-0.2, 0) is 10.0 Å². The molecule has 0 saturated heterocycles. The summed E-state index contributed by atoms with van der Waals surface area (Å²) in [6.45, 7) is 3.76. The van der Waals surface area contributed by atoms with Gasteiger partial charge in [0.05, 0.1) is 4.90 Å². The molecule has 1 N–H and O–H groups in total. The molecule has 0 fully saturated rings. The molecule has 94 valence electrons. The molecule has 0 atom stereocenters. The predicted molar refractivity (Wildman–Crippen MR) is 65.8 cm³/mol. The molecule has 0 bridgehead atoms. The Kier molecular flexibility index (Phi) is 4.84. The van der Waals surface area contributed by atoms with Gasteiger partial charge in [-0.1, -0.05) is 18.2 Å². The average Bonchev–Trinajstić information content (AvgIpc) is 2.28. The molecule has 0 heterocycles. The van der Waals surface area contributed by atoms with Crippen LogP contribution in [0.15, 0.2) is 35.2 Å². The Labute approximate surface area is 101 Å². The summed E-state index contributed by atoms with van der Waals surface area (Å²) in [4.78, 5) is -0.0407. The third-order valence-corrected chi connectivity index (χ3v) is 3.75. The molecule has 0 amide bonds. The molecule has 0 aromatic heterocycles. The Bertz CT molecular complexity index is 509. The van der Waals surface area contributed by atoms with Gasteiger partial charge in [-0.2, -0.15) is 0 Å². The lowest BCUT2D eigenvalue weighted by molar-refractivity contribution is 0.577. The maximum atomic E-state index is 13.2. The van der Waals surface area contributed by atoms with Crippen LogP contribution in [0.25, 0.3) is 0 Å². The number of allylic oxidation sites excluding steroid dienone is 1. The minimum absolute atomic E-state index is 0.0407. The fourth-order valence-electron chi connectivity index (χ4n) is 1.27. The highest BCUT2D eigenvalue weighted by molar-refractivity contribution is 7.89. The van der Waals surface area contributed by atoms with Gasteiger partial charge in [-0.3, -0.25) is 0 Å². The molecule has 0 spiro atoms. The van der Waals surface area contributed by atoms with Crippen LogP contribution in [0.4, 0.5) is 4.39 Å². The second kappa shape index (κ2) is 5.93. The van der Waals surface area contributed by atoms with E-state index in [-0.39, 0.29) is 4.90 Å². The summed E-state index contributed by atoms with van der Waals surface area (Å²) in [5.41, 5.74) is 0.429. The van der Waals surface area contributed by atoms with Crippen molar-refractivity contribution in [3.8, 4) is 0 Å². The quantitative estimate of drug-likeness (QED) is 0.650. The van der Waals surface area contributed by atoms with Crippen LogP contribution in [0.1, 0.15) is 18.9 Å². The first-order valence-electron chi connectivity index (χ1n) is 5.34. The van der Waals surface area contributed by atoms with E-state index in [2.05, 4.69) is 4.72 Å². The minimum atomic E-state index is -3.60. The summed E-state index contributed by atoms with van der Waals surface area (Å²) in [5.74, 6) is -0.513. The van der Waals surface area contributed by atoms with Crippen LogP contribution >= 0.6 is 0 Å². The number of sulfonamides is 1. The molecule has 1 rings (SSSR count). The molecular weight excluding hydrogens is 241 g/mol. The monoisotopic (exact) mass is 257 g/mol. The SMILES string of the molecule is C/C=C/CCNS(=O)(=O)c1ccc(C)c(F)c1. The number of hydrogen-bond acceptors (Lipinski definition) is 2. The van der Waals surface area contributed by atoms with Gasteiger partial charge in [0, 0.05) is 6.54 Å². The average molecular weight is 257 g/mol. The predicted octanol–water partition coefficient (Wildman–Crippen LogP) is 2.38. The molecule has 0 radical (unpaired) electrons. The zero-order valence-electron chi connectivity index (χ0n) is 9.90. The van der Waals surface area contributed by atoms with Crippen LogP contribution in [0.5, 0.6) is 0 Å². The Morgan fingerprint density at radius 2 is 2.12 bits per heavy atom. The number of aryl methyl sites for hydroxylation is 1. The van der Waals surface area contributed by atoms with Crippen molar-refractivity contribution in [2.24, 2.45) is 0 Å². The zero-order valence-corrected chi connectivity index (χ0v) is 10.7. The van der Waals surface area contributed by atoms with E-state index in [1.807, 2.05) is 19.1 Å². The minimum Gasteiger partial charge on any atom is -0.211 e. The largest absolute Gasteiger partial charge is 0.240 e. The van der Waals surface area contributed by atoms with Gasteiger partial charge < -0.3 is 0 Å². The number of nitrogens with one attached hydrogen (secondary N) is 1. The summed E-state index contributed by atoms with van der Waals surface area (Å²) < 4.78 is 39.2. The summed E-state index contributed by atoms with van der Waals surface area (Å²) in [6.07, 6.45) is 4.32. The van der Waals surface area contributed by atoms with Crippen LogP contribution in [-0.4, -0.2) is 15.0 Å². The smallest absolute Gasteiger partial charge is 0.211 e. The molecule has 17 heavy (non-hydrogen) atoms. The Hall–Kier alpha value is -1.20. The lowest BCUT2D eigenvalue weighted by Gasteiger charge is -2.06. The lowest BCUT2D eigenvalue weighted by Crippen LogP contribution is -2.24. The van der Waals surface area contributed by atoms with Crippen molar-refractivity contribution in [3.63, 3.8) is 0 Å². The molecule has 0 saturated carbocycles. The normalized spacial score (nSPS) is 12.2. The highest BCUT2D eigenvalue weighted by atomic mass is 32.2. The molecule has 1 aromatic rings. The fraction of sp³-hybridized carbons (Fsp3) is 0.333. The third-order valence-electron chi connectivity index (χ3n) is 2.29. The summed E-state index contributed by atoms with van der Waals surface area (Å²) >= 11 is 0. The second-order valence-corrected chi connectivity index (χ2v) is 5.43. The Balaban J connectivity index is 2.79. The van der Waals surface area contributed by atoms with Crippen LogP contribution in [0.3, 0.4) is 0 Å². The molecular formula is C12H16FNO2S. The summed E-state index contributed by atoms with van der Waals surface area (Å²) in [6, 6.07) is 3.89. The molecule has 0 unspecified atom stereocenters. The van der Waals surface area contributed by atoms with E-state index in [0.29, 0.717) is 18.5 Å². The zero-order chi connectivity index (χ0) is 12.9. The van der Waals surface area contributed by atoms with Gasteiger partial charge in [-0.25, -0.2) is 17.5 Å². The van der Waals surface area contributed by atoms with Gasteiger partial charge in [-0.15, -0.1) is 0 Å². The lowest BCUT2D eigenvalue weighted by atomic mass is 10.2. The summed E-state index contributed by atoms with van der Waals surface area (Å²) in [7, 11) is -3.60. The number of hydrogen-bond donors (Lipinski definition) is 1. The van der Waals surface area contributed by atoms with Gasteiger partial charge >= 0.3 is 0 Å². The number of rotatable bonds is 5. The molecule has 0 aliphatic carbocycles. The van der Waals surface area contributed by atoms with Gasteiger partial charge in [-0.05, 0) is 38.0 Å². The van der Waals surface area contributed by atoms with Crippen LogP contribution < -0.4 is 4.72 Å². The van der Waals surface area contributed by atoms with Crippen LogP contribution in [0.2, 0.25) is 0 Å². The van der Waals surface area contributed by atoms with Crippen molar-refractivity contribution in [1.29, 1.82) is 0 Å². The number of halogens is 1. The second-order valence-electron chi connectivity index (χ2n) is 3.67.